The van der Waals surface area contributed by atoms with Gasteiger partial charge in [-0.15, -0.1) is 0 Å². The maximum Gasteiger partial charge on any atom is 0.266 e. The van der Waals surface area contributed by atoms with Crippen LogP contribution in [0.5, 0.6) is 0 Å². The summed E-state index contributed by atoms with van der Waals surface area (Å²) in [6, 6.07) is 14.2. The van der Waals surface area contributed by atoms with Crippen LogP contribution in [0.15, 0.2) is 53.3 Å². The van der Waals surface area contributed by atoms with E-state index in [0.29, 0.717) is 40.4 Å². The Hall–Kier alpha value is -2.66. The SMILES string of the molecule is CCCCCCN(C(=O)CCCC)C(C)c1nc2ccccc2c(=O)n1-c1ccc(Cl)cc1. The number of amides is 1. The van der Waals surface area contributed by atoms with Crippen molar-refractivity contribution in [2.45, 2.75) is 71.8 Å². The van der Waals surface area contributed by atoms with Gasteiger partial charge in [0, 0.05) is 18.0 Å². The third-order valence-corrected chi connectivity index (χ3v) is 6.30. The van der Waals surface area contributed by atoms with Crippen LogP contribution < -0.4 is 5.56 Å². The first-order valence-corrected chi connectivity index (χ1v) is 12.4. The zero-order valence-corrected chi connectivity index (χ0v) is 20.6. The van der Waals surface area contributed by atoms with Crippen molar-refractivity contribution in [2.24, 2.45) is 0 Å². The molecule has 1 aromatic heterocycles. The monoisotopic (exact) mass is 467 g/mol. The minimum atomic E-state index is -0.344. The van der Waals surface area contributed by atoms with Crippen LogP contribution in [-0.2, 0) is 4.79 Å². The number of para-hydroxylation sites is 1. The summed E-state index contributed by atoms with van der Waals surface area (Å²) in [5.74, 6) is 0.687. The summed E-state index contributed by atoms with van der Waals surface area (Å²) in [5.41, 5.74) is 1.19. The molecule has 0 aliphatic carbocycles. The highest BCUT2D eigenvalue weighted by Crippen LogP contribution is 2.25. The first-order valence-electron chi connectivity index (χ1n) is 12.0. The van der Waals surface area contributed by atoms with Crippen LogP contribution in [0.2, 0.25) is 5.02 Å². The summed E-state index contributed by atoms with van der Waals surface area (Å²) in [6.07, 6.45) is 6.63. The molecule has 0 saturated carbocycles. The number of carbonyl (C=O) groups excluding carboxylic acids is 1. The van der Waals surface area contributed by atoms with Gasteiger partial charge in [0.1, 0.15) is 5.82 Å². The Labute approximate surface area is 201 Å². The number of benzene rings is 2. The smallest absolute Gasteiger partial charge is 0.266 e. The molecule has 0 bridgehead atoms. The van der Waals surface area contributed by atoms with Gasteiger partial charge in [0.15, 0.2) is 0 Å². The van der Waals surface area contributed by atoms with Crippen molar-refractivity contribution >= 4 is 28.4 Å². The van der Waals surface area contributed by atoms with Crippen molar-refractivity contribution < 1.29 is 4.79 Å². The lowest BCUT2D eigenvalue weighted by molar-refractivity contribution is -0.133. The molecular weight excluding hydrogens is 434 g/mol. The van der Waals surface area contributed by atoms with E-state index in [-0.39, 0.29) is 17.5 Å². The van der Waals surface area contributed by atoms with E-state index in [1.54, 1.807) is 22.8 Å². The van der Waals surface area contributed by atoms with Gasteiger partial charge in [-0.25, -0.2) is 4.98 Å². The third kappa shape index (κ3) is 6.02. The second-order valence-electron chi connectivity index (χ2n) is 8.53. The fourth-order valence-electron chi connectivity index (χ4n) is 4.12. The summed E-state index contributed by atoms with van der Waals surface area (Å²) in [6.45, 7) is 6.90. The number of unbranched alkanes of at least 4 members (excludes halogenated alkanes) is 4. The molecule has 1 amide bonds. The number of hydrogen-bond acceptors (Lipinski definition) is 3. The van der Waals surface area contributed by atoms with Crippen LogP contribution in [-0.4, -0.2) is 26.9 Å². The molecule has 0 fully saturated rings. The van der Waals surface area contributed by atoms with E-state index in [4.69, 9.17) is 16.6 Å². The Bertz CT molecular complexity index is 1120. The lowest BCUT2D eigenvalue weighted by atomic mass is 10.1. The number of aromatic nitrogens is 2. The van der Waals surface area contributed by atoms with Crippen molar-refractivity contribution in [2.75, 3.05) is 6.54 Å². The fraction of sp³-hybridized carbons (Fsp3) is 0.444. The van der Waals surface area contributed by atoms with Crippen molar-refractivity contribution in [3.05, 3.63) is 69.7 Å². The van der Waals surface area contributed by atoms with Crippen LogP contribution in [0.1, 0.15) is 77.6 Å². The normalized spacial score (nSPS) is 12.1. The van der Waals surface area contributed by atoms with Gasteiger partial charge >= 0.3 is 0 Å². The number of halogens is 1. The van der Waals surface area contributed by atoms with Crippen LogP contribution in [0.4, 0.5) is 0 Å². The lowest BCUT2D eigenvalue weighted by Crippen LogP contribution is -2.38. The molecule has 3 aromatic rings. The van der Waals surface area contributed by atoms with Crippen LogP contribution in [0.25, 0.3) is 16.6 Å². The molecule has 1 heterocycles. The molecule has 0 aliphatic heterocycles. The Morgan fingerprint density at radius 3 is 2.39 bits per heavy atom. The predicted octanol–water partition coefficient (Wildman–Crippen LogP) is 6.70. The molecule has 0 N–H and O–H groups in total. The van der Waals surface area contributed by atoms with Gasteiger partial charge in [-0.2, -0.15) is 0 Å². The van der Waals surface area contributed by atoms with Crippen molar-refractivity contribution in [1.82, 2.24) is 14.5 Å². The average molecular weight is 468 g/mol. The van der Waals surface area contributed by atoms with Crippen molar-refractivity contribution in [1.29, 1.82) is 0 Å². The number of fused-ring (bicyclic) bond motifs is 1. The molecule has 6 heteroatoms. The largest absolute Gasteiger partial charge is 0.333 e. The molecule has 2 aromatic carbocycles. The van der Waals surface area contributed by atoms with E-state index in [1.807, 2.05) is 42.2 Å². The van der Waals surface area contributed by atoms with E-state index in [1.165, 1.54) is 0 Å². The van der Waals surface area contributed by atoms with Gasteiger partial charge in [-0.1, -0.05) is 63.3 Å². The first-order chi connectivity index (χ1) is 16.0. The maximum atomic E-state index is 13.6. The van der Waals surface area contributed by atoms with E-state index >= 15 is 0 Å². The zero-order chi connectivity index (χ0) is 23.8. The Kier molecular flexibility index (Phi) is 9.07. The lowest BCUT2D eigenvalue weighted by Gasteiger charge is -2.31. The Morgan fingerprint density at radius 2 is 1.70 bits per heavy atom. The van der Waals surface area contributed by atoms with Gasteiger partial charge in [-0.3, -0.25) is 14.2 Å². The van der Waals surface area contributed by atoms with Gasteiger partial charge in [0.25, 0.3) is 5.56 Å². The highest BCUT2D eigenvalue weighted by Gasteiger charge is 2.26. The topological polar surface area (TPSA) is 55.2 Å². The van der Waals surface area contributed by atoms with Gasteiger partial charge < -0.3 is 4.90 Å². The molecule has 0 radical (unpaired) electrons. The molecule has 0 spiro atoms. The summed E-state index contributed by atoms with van der Waals surface area (Å²) in [7, 11) is 0. The molecule has 1 atom stereocenters. The number of nitrogens with zero attached hydrogens (tertiary/aromatic N) is 3. The third-order valence-electron chi connectivity index (χ3n) is 6.04. The molecule has 0 aliphatic rings. The van der Waals surface area contributed by atoms with Crippen molar-refractivity contribution in [3.8, 4) is 5.69 Å². The van der Waals surface area contributed by atoms with E-state index < -0.39 is 0 Å². The maximum absolute atomic E-state index is 13.6. The highest BCUT2D eigenvalue weighted by atomic mass is 35.5. The second-order valence-corrected chi connectivity index (χ2v) is 8.97. The van der Waals surface area contributed by atoms with E-state index in [9.17, 15) is 9.59 Å². The number of rotatable bonds is 11. The average Bonchev–Trinajstić information content (AvgIpc) is 2.83. The Balaban J connectivity index is 2.10. The van der Waals surface area contributed by atoms with Crippen LogP contribution >= 0.6 is 11.6 Å². The molecule has 0 saturated heterocycles. The first kappa shape index (κ1) is 25.0. The number of hydrogen-bond donors (Lipinski definition) is 0. The van der Waals surface area contributed by atoms with Gasteiger partial charge in [-0.05, 0) is 56.2 Å². The molecule has 5 nitrogen and oxygen atoms in total. The van der Waals surface area contributed by atoms with Gasteiger partial charge in [0.2, 0.25) is 5.91 Å². The minimum absolute atomic E-state index is 0.117. The molecular formula is C27H34ClN3O2. The standard InChI is InChI=1S/C27H34ClN3O2/c1-4-6-8-11-19-30(25(32)14-7-5-2)20(3)26-29-24-13-10-9-12-23(24)27(33)31(26)22-17-15-21(28)16-18-22/h9-10,12-13,15-18,20H,4-8,11,14,19H2,1-3H3. The summed E-state index contributed by atoms with van der Waals surface area (Å²) < 4.78 is 1.63. The number of carbonyl (C=O) groups is 1. The summed E-state index contributed by atoms with van der Waals surface area (Å²) >= 11 is 6.10. The summed E-state index contributed by atoms with van der Waals surface area (Å²) in [5, 5.41) is 1.15. The molecule has 176 valence electrons. The molecule has 1 unspecified atom stereocenters. The van der Waals surface area contributed by atoms with Gasteiger partial charge in [0.05, 0.1) is 22.6 Å². The van der Waals surface area contributed by atoms with E-state index in [0.717, 1.165) is 38.5 Å². The van der Waals surface area contributed by atoms with Crippen LogP contribution in [0.3, 0.4) is 0 Å². The highest BCUT2D eigenvalue weighted by molar-refractivity contribution is 6.30. The Morgan fingerprint density at radius 1 is 1.00 bits per heavy atom. The quantitative estimate of drug-likeness (QED) is 0.295. The second kappa shape index (κ2) is 12.0. The zero-order valence-electron chi connectivity index (χ0n) is 19.9. The fourth-order valence-corrected chi connectivity index (χ4v) is 4.25. The molecule has 3 rings (SSSR count). The minimum Gasteiger partial charge on any atom is -0.333 e. The predicted molar refractivity (Wildman–Crippen MR) is 136 cm³/mol. The molecule has 33 heavy (non-hydrogen) atoms. The van der Waals surface area contributed by atoms with Crippen LogP contribution in [0, 0.1) is 0 Å². The summed E-state index contributed by atoms with van der Waals surface area (Å²) in [4.78, 5) is 33.6. The van der Waals surface area contributed by atoms with Crippen molar-refractivity contribution in [3.63, 3.8) is 0 Å². The van der Waals surface area contributed by atoms with E-state index in [2.05, 4.69) is 13.8 Å².